The van der Waals surface area contributed by atoms with Gasteiger partial charge in [-0.15, -0.1) is 0 Å². The molecule has 0 bridgehead atoms. The minimum Gasteiger partial charge on any atom is -0.493 e. The molecule has 0 unspecified atom stereocenters. The largest absolute Gasteiger partial charge is 0.493 e. The van der Waals surface area contributed by atoms with Gasteiger partial charge in [0.05, 0.1) is 38.7 Å². The Balaban J connectivity index is 1.36. The van der Waals surface area contributed by atoms with E-state index in [4.69, 9.17) is 23.7 Å². The number of carbonyl (C=O) groups is 2. The van der Waals surface area contributed by atoms with Gasteiger partial charge in [-0.2, -0.15) is 5.10 Å². The van der Waals surface area contributed by atoms with Crippen molar-refractivity contribution in [2.45, 2.75) is 32.7 Å². The van der Waals surface area contributed by atoms with E-state index >= 15 is 0 Å². The van der Waals surface area contributed by atoms with Crippen LogP contribution in [0.5, 0.6) is 23.0 Å². The Morgan fingerprint density at radius 1 is 1.02 bits per heavy atom. The van der Waals surface area contributed by atoms with E-state index in [1.807, 2.05) is 37.3 Å². The Morgan fingerprint density at radius 3 is 2.47 bits per heavy atom. The molecule has 4 N–H and O–H groups in total. The molecule has 1 aliphatic rings. The predicted molar refractivity (Wildman–Crippen MR) is 170 cm³/mol. The first-order valence-corrected chi connectivity index (χ1v) is 14.8. The lowest BCUT2D eigenvalue weighted by Crippen LogP contribution is -2.45. The van der Waals surface area contributed by atoms with E-state index in [-0.39, 0.29) is 12.2 Å². The molecule has 4 rings (SSSR count). The van der Waals surface area contributed by atoms with Gasteiger partial charge in [0, 0.05) is 10.2 Å². The number of amides is 2. The number of hydrazone groups is 1. The van der Waals surface area contributed by atoms with Crippen molar-refractivity contribution in [2.75, 3.05) is 27.4 Å². The second kappa shape index (κ2) is 15.8. The summed E-state index contributed by atoms with van der Waals surface area (Å²) in [6, 6.07) is 17.0. The number of urea groups is 1. The van der Waals surface area contributed by atoms with Gasteiger partial charge in [0.2, 0.25) is 0 Å². The number of esters is 1. The van der Waals surface area contributed by atoms with Gasteiger partial charge in [0.15, 0.2) is 29.2 Å². The molecule has 0 aliphatic carbocycles. The van der Waals surface area contributed by atoms with Crippen LogP contribution in [0, 0.1) is 0 Å². The zero-order valence-electron chi connectivity index (χ0n) is 25.3. The number of aliphatic hydroxyl groups is 1. The van der Waals surface area contributed by atoms with Gasteiger partial charge in [-0.1, -0.05) is 34.1 Å². The van der Waals surface area contributed by atoms with Crippen LogP contribution in [0.3, 0.4) is 0 Å². The summed E-state index contributed by atoms with van der Waals surface area (Å²) in [5.41, 5.74) is 5.61. The molecule has 238 valence electrons. The Morgan fingerprint density at radius 2 is 1.76 bits per heavy atom. The van der Waals surface area contributed by atoms with E-state index in [0.29, 0.717) is 47.5 Å². The number of halogens is 1. The van der Waals surface area contributed by atoms with Gasteiger partial charge in [0.25, 0.3) is 0 Å². The normalized spacial score (nSPS) is 15.2. The molecule has 0 saturated heterocycles. The molecule has 3 aromatic carbocycles. The highest BCUT2D eigenvalue weighted by Crippen LogP contribution is 2.35. The van der Waals surface area contributed by atoms with Crippen molar-refractivity contribution in [1.82, 2.24) is 16.1 Å². The fraction of sp³-hybridized carbons (Fsp3) is 0.281. The summed E-state index contributed by atoms with van der Waals surface area (Å²) in [7, 11) is 2.83. The lowest BCUT2D eigenvalue weighted by molar-refractivity contribution is -0.136. The van der Waals surface area contributed by atoms with E-state index in [9.17, 15) is 14.7 Å². The zero-order valence-corrected chi connectivity index (χ0v) is 26.8. The van der Waals surface area contributed by atoms with Crippen LogP contribution in [-0.2, 0) is 16.1 Å². The van der Waals surface area contributed by atoms with Crippen LogP contribution in [0.1, 0.15) is 36.6 Å². The van der Waals surface area contributed by atoms with E-state index in [1.54, 1.807) is 44.4 Å². The first-order chi connectivity index (χ1) is 21.7. The molecule has 2 atom stereocenters. The minimum absolute atomic E-state index is 0.153. The highest BCUT2D eigenvalue weighted by molar-refractivity contribution is 9.10. The molecule has 13 heteroatoms. The van der Waals surface area contributed by atoms with Crippen molar-refractivity contribution in [3.8, 4) is 23.0 Å². The summed E-state index contributed by atoms with van der Waals surface area (Å²) in [5, 5.41) is 19.9. The average Bonchev–Trinajstić information content (AvgIpc) is 3.03. The van der Waals surface area contributed by atoms with E-state index in [0.717, 1.165) is 15.6 Å². The topological polar surface area (TPSA) is 149 Å². The fourth-order valence-corrected chi connectivity index (χ4v) is 4.71. The fourth-order valence-electron chi connectivity index (χ4n) is 4.45. The number of benzene rings is 3. The van der Waals surface area contributed by atoms with E-state index in [2.05, 4.69) is 37.1 Å². The Hall–Kier alpha value is -4.75. The van der Waals surface area contributed by atoms with Crippen LogP contribution in [0.15, 0.2) is 81.5 Å². The summed E-state index contributed by atoms with van der Waals surface area (Å²) in [4.78, 5) is 24.6. The number of methoxy groups -OCH3 is 2. The molecular weight excluding hydrogens is 648 g/mol. The Labute approximate surface area is 269 Å². The number of rotatable bonds is 14. The molecule has 45 heavy (non-hydrogen) atoms. The highest BCUT2D eigenvalue weighted by atomic mass is 79.9. The maximum absolute atomic E-state index is 12.4. The maximum atomic E-state index is 12.4. The van der Waals surface area contributed by atoms with Crippen molar-refractivity contribution < 1.29 is 38.4 Å². The quantitative estimate of drug-likeness (QED) is 0.0831. The second-order valence-corrected chi connectivity index (χ2v) is 10.7. The lowest BCUT2D eigenvalue weighted by Gasteiger charge is -2.28. The molecule has 12 nitrogen and oxygen atoms in total. The van der Waals surface area contributed by atoms with Gasteiger partial charge < -0.3 is 39.4 Å². The summed E-state index contributed by atoms with van der Waals surface area (Å²) in [6.45, 7) is 4.01. The lowest BCUT2D eigenvalue weighted by atomic mass is 9.95. The average molecular weight is 684 g/mol. The monoisotopic (exact) mass is 682 g/mol. The molecule has 0 radical (unpaired) electrons. The van der Waals surface area contributed by atoms with Gasteiger partial charge in [-0.3, -0.25) is 5.43 Å². The van der Waals surface area contributed by atoms with Crippen LogP contribution in [0.25, 0.3) is 0 Å². The molecule has 0 saturated carbocycles. The van der Waals surface area contributed by atoms with Gasteiger partial charge in [-0.05, 0) is 73.0 Å². The van der Waals surface area contributed by atoms with Crippen molar-refractivity contribution >= 4 is 34.1 Å². The Kier molecular flexibility index (Phi) is 11.7. The summed E-state index contributed by atoms with van der Waals surface area (Å²) in [6.07, 6.45) is 0.387. The molecule has 1 heterocycles. The van der Waals surface area contributed by atoms with Crippen molar-refractivity contribution in [2.24, 2.45) is 5.10 Å². The predicted octanol–water partition coefficient (Wildman–Crippen LogP) is 4.56. The zero-order chi connectivity index (χ0) is 32.3. The SMILES string of the molecule is CCOc1cc([C@@H]2NC(=O)NC(C)=C2C(=O)OC)ccc1OC[C@@H](O)N/N=C\c1ccc(OCc2ccc(Br)cc2)c(OC)c1. The van der Waals surface area contributed by atoms with Crippen LogP contribution in [0.4, 0.5) is 4.79 Å². The van der Waals surface area contributed by atoms with Crippen molar-refractivity contribution in [1.29, 1.82) is 0 Å². The number of aliphatic hydroxyl groups excluding tert-OH is 1. The Bertz CT molecular complexity index is 1560. The summed E-state index contributed by atoms with van der Waals surface area (Å²) < 4.78 is 28.9. The standard InChI is InChI=1S/C32H35BrN4O8/c1-5-43-27-15-22(30-29(31(39)42-4)19(2)35-32(40)36-30)9-13-25(27)45-18-28(38)37-34-16-21-8-12-24(26(14-21)41-3)44-17-20-6-10-23(33)11-7-20/h6-16,28,30,37-38H,5,17-18H2,1-4H3,(H2,35,36,40)/b34-16-/t28-,30+/m1/s1. The molecular formula is C32H35BrN4O8. The number of ether oxygens (including phenoxy) is 5. The maximum Gasteiger partial charge on any atom is 0.337 e. The molecule has 3 aromatic rings. The van der Waals surface area contributed by atoms with Crippen LogP contribution < -0.4 is 35.0 Å². The minimum atomic E-state index is -1.15. The number of allylic oxidation sites excluding steroid dienone is 1. The first-order valence-electron chi connectivity index (χ1n) is 14.0. The first kappa shape index (κ1) is 33.1. The van der Waals surface area contributed by atoms with Gasteiger partial charge >= 0.3 is 12.0 Å². The summed E-state index contributed by atoms with van der Waals surface area (Å²) in [5.74, 6) is 1.28. The number of carbonyl (C=O) groups excluding carboxylic acids is 2. The molecule has 1 aliphatic heterocycles. The van der Waals surface area contributed by atoms with Crippen LogP contribution in [0.2, 0.25) is 0 Å². The van der Waals surface area contributed by atoms with Crippen LogP contribution in [-0.4, -0.2) is 57.0 Å². The molecule has 0 aromatic heterocycles. The number of nitrogens with one attached hydrogen (secondary N) is 3. The number of nitrogens with zero attached hydrogens (tertiary/aromatic N) is 1. The smallest absolute Gasteiger partial charge is 0.337 e. The van der Waals surface area contributed by atoms with E-state index < -0.39 is 24.3 Å². The van der Waals surface area contributed by atoms with Crippen LogP contribution >= 0.6 is 15.9 Å². The van der Waals surface area contributed by atoms with Crippen molar-refractivity contribution in [3.05, 3.63) is 93.1 Å². The number of hydrogen-bond donors (Lipinski definition) is 4. The van der Waals surface area contributed by atoms with Crippen molar-refractivity contribution in [3.63, 3.8) is 0 Å². The molecule has 0 spiro atoms. The molecule has 0 fully saturated rings. The summed E-state index contributed by atoms with van der Waals surface area (Å²) >= 11 is 3.42. The third kappa shape index (κ3) is 8.89. The third-order valence-corrected chi connectivity index (χ3v) is 7.13. The van der Waals surface area contributed by atoms with E-state index in [1.165, 1.54) is 13.3 Å². The number of hydrogen-bond acceptors (Lipinski definition) is 10. The second-order valence-electron chi connectivity index (χ2n) is 9.74. The highest BCUT2D eigenvalue weighted by Gasteiger charge is 2.32. The third-order valence-electron chi connectivity index (χ3n) is 6.60. The van der Waals surface area contributed by atoms with Gasteiger partial charge in [0.1, 0.15) is 13.2 Å². The molecule has 2 amide bonds. The van der Waals surface area contributed by atoms with Gasteiger partial charge in [-0.25, -0.2) is 9.59 Å².